The van der Waals surface area contributed by atoms with E-state index in [9.17, 15) is 4.79 Å². The van der Waals surface area contributed by atoms with Gasteiger partial charge in [-0.15, -0.1) is 0 Å². The number of carbonyl (C=O) groups is 1. The van der Waals surface area contributed by atoms with Gasteiger partial charge in [0.1, 0.15) is 0 Å². The number of rotatable bonds is 2. The molecule has 4 heteroatoms. The normalized spacial score (nSPS) is 28.0. The van der Waals surface area contributed by atoms with Crippen LogP contribution in [0, 0.1) is 5.92 Å². The first-order valence-corrected chi connectivity index (χ1v) is 6.84. The molecule has 2 aliphatic rings. The average molecular weight is 239 g/mol. The Labute approximate surface area is 104 Å². The maximum atomic E-state index is 12.4. The van der Waals surface area contributed by atoms with Crippen LogP contribution in [0.1, 0.15) is 25.7 Å². The van der Waals surface area contributed by atoms with E-state index in [2.05, 4.69) is 17.3 Å². The van der Waals surface area contributed by atoms with Gasteiger partial charge in [0, 0.05) is 19.6 Å². The van der Waals surface area contributed by atoms with Gasteiger partial charge in [0.05, 0.1) is 5.92 Å². The molecule has 0 bridgehead atoms. The van der Waals surface area contributed by atoms with Crippen molar-refractivity contribution in [2.24, 2.45) is 5.92 Å². The third kappa shape index (κ3) is 3.19. The third-order valence-electron chi connectivity index (χ3n) is 4.23. The predicted molar refractivity (Wildman–Crippen MR) is 68.9 cm³/mol. The lowest BCUT2D eigenvalue weighted by molar-refractivity contribution is -0.137. The molecule has 17 heavy (non-hydrogen) atoms. The van der Waals surface area contributed by atoms with Gasteiger partial charge < -0.3 is 15.1 Å². The van der Waals surface area contributed by atoms with Crippen molar-refractivity contribution in [3.8, 4) is 0 Å². The van der Waals surface area contributed by atoms with Crippen molar-refractivity contribution >= 4 is 5.91 Å². The van der Waals surface area contributed by atoms with Crippen LogP contribution in [0.3, 0.4) is 0 Å². The van der Waals surface area contributed by atoms with Crippen molar-refractivity contribution in [3.05, 3.63) is 0 Å². The molecule has 2 aliphatic heterocycles. The van der Waals surface area contributed by atoms with E-state index in [1.54, 1.807) is 0 Å². The molecule has 0 radical (unpaired) electrons. The number of likely N-dealkylation sites (tertiary alicyclic amines) is 1. The zero-order valence-electron chi connectivity index (χ0n) is 11.1. The molecule has 98 valence electrons. The summed E-state index contributed by atoms with van der Waals surface area (Å²) in [4.78, 5) is 16.7. The lowest BCUT2D eigenvalue weighted by Gasteiger charge is -2.37. The standard InChI is InChI=1S/C13H25N3O/c1-15-8-5-12(6-9-15)16(2)13(17)11-4-3-7-14-10-11/h11-12,14H,3-10H2,1-2H3. The fourth-order valence-corrected chi connectivity index (χ4v) is 2.91. The number of amides is 1. The molecule has 2 heterocycles. The Morgan fingerprint density at radius 2 is 2.00 bits per heavy atom. The van der Waals surface area contributed by atoms with Gasteiger partial charge in [-0.2, -0.15) is 0 Å². The van der Waals surface area contributed by atoms with Gasteiger partial charge in [0.2, 0.25) is 5.91 Å². The van der Waals surface area contributed by atoms with Crippen molar-refractivity contribution in [1.29, 1.82) is 0 Å². The maximum Gasteiger partial charge on any atom is 0.226 e. The highest BCUT2D eigenvalue weighted by Gasteiger charge is 2.29. The summed E-state index contributed by atoms with van der Waals surface area (Å²) in [6.07, 6.45) is 4.44. The number of carbonyl (C=O) groups excluding carboxylic acids is 1. The Hall–Kier alpha value is -0.610. The van der Waals surface area contributed by atoms with Crippen molar-refractivity contribution < 1.29 is 4.79 Å². The molecule has 0 aliphatic carbocycles. The van der Waals surface area contributed by atoms with Gasteiger partial charge in [-0.3, -0.25) is 4.79 Å². The molecule has 0 saturated carbocycles. The summed E-state index contributed by atoms with van der Waals surface area (Å²) in [5.74, 6) is 0.570. The largest absolute Gasteiger partial charge is 0.342 e. The van der Waals surface area contributed by atoms with E-state index in [1.807, 2.05) is 11.9 Å². The molecule has 0 aromatic rings. The zero-order valence-corrected chi connectivity index (χ0v) is 11.1. The molecule has 0 aromatic heterocycles. The summed E-state index contributed by atoms with van der Waals surface area (Å²) in [5.41, 5.74) is 0. The number of hydrogen-bond acceptors (Lipinski definition) is 3. The van der Waals surface area contributed by atoms with Crippen LogP contribution in [0.2, 0.25) is 0 Å². The number of hydrogen-bond donors (Lipinski definition) is 1. The van der Waals surface area contributed by atoms with Gasteiger partial charge in [-0.05, 0) is 52.4 Å². The average Bonchev–Trinajstić information content (AvgIpc) is 2.39. The van der Waals surface area contributed by atoms with Gasteiger partial charge in [0.15, 0.2) is 0 Å². The minimum atomic E-state index is 0.216. The van der Waals surface area contributed by atoms with Crippen molar-refractivity contribution in [2.45, 2.75) is 31.7 Å². The Morgan fingerprint density at radius 3 is 2.59 bits per heavy atom. The van der Waals surface area contributed by atoms with E-state index in [0.717, 1.165) is 51.9 Å². The first-order chi connectivity index (χ1) is 8.18. The second-order valence-corrected chi connectivity index (χ2v) is 5.53. The second kappa shape index (κ2) is 5.83. The van der Waals surface area contributed by atoms with E-state index >= 15 is 0 Å². The van der Waals surface area contributed by atoms with Crippen LogP contribution < -0.4 is 5.32 Å². The fraction of sp³-hybridized carbons (Fsp3) is 0.923. The summed E-state index contributed by atoms with van der Waals surface area (Å²) >= 11 is 0. The maximum absolute atomic E-state index is 12.4. The summed E-state index contributed by atoms with van der Waals surface area (Å²) in [6.45, 7) is 4.17. The van der Waals surface area contributed by atoms with Crippen LogP contribution in [0.4, 0.5) is 0 Å². The summed E-state index contributed by atoms with van der Waals surface area (Å²) in [6, 6.07) is 0.459. The smallest absolute Gasteiger partial charge is 0.226 e. The molecule has 0 aromatic carbocycles. The lowest BCUT2D eigenvalue weighted by Crippen LogP contribution is -2.48. The Morgan fingerprint density at radius 1 is 1.29 bits per heavy atom. The number of nitrogens with zero attached hydrogens (tertiary/aromatic N) is 2. The van der Waals surface area contributed by atoms with Crippen LogP contribution in [0.15, 0.2) is 0 Å². The molecule has 1 unspecified atom stereocenters. The predicted octanol–water partition coefficient (Wildman–Crippen LogP) is 0.539. The van der Waals surface area contributed by atoms with Crippen molar-refractivity contribution in [2.75, 3.05) is 40.3 Å². The van der Waals surface area contributed by atoms with Gasteiger partial charge in [-0.25, -0.2) is 0 Å². The third-order valence-corrected chi connectivity index (χ3v) is 4.23. The zero-order chi connectivity index (χ0) is 12.3. The van der Waals surface area contributed by atoms with Crippen LogP contribution in [-0.2, 0) is 4.79 Å². The molecule has 2 rings (SSSR count). The van der Waals surface area contributed by atoms with Crippen LogP contribution in [0.5, 0.6) is 0 Å². The minimum absolute atomic E-state index is 0.216. The lowest BCUT2D eigenvalue weighted by atomic mass is 9.96. The van der Waals surface area contributed by atoms with E-state index in [0.29, 0.717) is 11.9 Å². The summed E-state index contributed by atoms with van der Waals surface area (Å²) in [7, 11) is 4.15. The Bertz CT molecular complexity index is 255. The molecular formula is C13H25N3O. The molecule has 4 nitrogen and oxygen atoms in total. The van der Waals surface area contributed by atoms with Crippen molar-refractivity contribution in [1.82, 2.24) is 15.1 Å². The second-order valence-electron chi connectivity index (χ2n) is 5.53. The molecule has 2 saturated heterocycles. The van der Waals surface area contributed by atoms with Gasteiger partial charge >= 0.3 is 0 Å². The van der Waals surface area contributed by atoms with Gasteiger partial charge in [-0.1, -0.05) is 0 Å². The minimum Gasteiger partial charge on any atom is -0.342 e. The van der Waals surface area contributed by atoms with Gasteiger partial charge in [0.25, 0.3) is 0 Å². The summed E-state index contributed by atoms with van der Waals surface area (Å²) < 4.78 is 0. The fourth-order valence-electron chi connectivity index (χ4n) is 2.91. The van der Waals surface area contributed by atoms with E-state index in [4.69, 9.17) is 0 Å². The Balaban J connectivity index is 1.85. The highest BCUT2D eigenvalue weighted by Crippen LogP contribution is 2.19. The molecule has 0 spiro atoms. The number of nitrogens with one attached hydrogen (secondary N) is 1. The van der Waals surface area contributed by atoms with E-state index in [-0.39, 0.29) is 5.92 Å². The Kier molecular flexibility index (Phi) is 4.40. The first kappa shape index (κ1) is 12.8. The van der Waals surface area contributed by atoms with E-state index < -0.39 is 0 Å². The highest BCUT2D eigenvalue weighted by molar-refractivity contribution is 5.79. The van der Waals surface area contributed by atoms with Crippen LogP contribution in [-0.4, -0.2) is 62.0 Å². The summed E-state index contributed by atoms with van der Waals surface area (Å²) in [5, 5.41) is 3.32. The molecule has 2 fully saturated rings. The molecule has 1 N–H and O–H groups in total. The highest BCUT2D eigenvalue weighted by atomic mass is 16.2. The molecular weight excluding hydrogens is 214 g/mol. The number of piperidine rings is 2. The van der Waals surface area contributed by atoms with Crippen molar-refractivity contribution in [3.63, 3.8) is 0 Å². The van der Waals surface area contributed by atoms with Crippen LogP contribution in [0.25, 0.3) is 0 Å². The quantitative estimate of drug-likeness (QED) is 0.764. The first-order valence-electron chi connectivity index (χ1n) is 6.84. The topological polar surface area (TPSA) is 35.6 Å². The van der Waals surface area contributed by atoms with Crippen LogP contribution >= 0.6 is 0 Å². The molecule has 1 amide bonds. The molecule has 1 atom stereocenters. The SMILES string of the molecule is CN1CCC(N(C)C(=O)C2CCCNC2)CC1. The van der Waals surface area contributed by atoms with E-state index in [1.165, 1.54) is 0 Å². The monoisotopic (exact) mass is 239 g/mol.